The quantitative estimate of drug-likeness (QED) is 0.822. The Morgan fingerprint density at radius 1 is 1.53 bits per heavy atom. The summed E-state index contributed by atoms with van der Waals surface area (Å²) in [6.45, 7) is 2.30. The van der Waals surface area contributed by atoms with Crippen LogP contribution < -0.4 is 0 Å². The molecule has 1 aromatic rings. The number of carbonyl (C=O) groups is 1. The molecule has 0 bridgehead atoms. The SMILES string of the molecule is COCC(O)CN1CCc2c(cccc2C(=O)O)C1. The zero-order valence-electron chi connectivity index (χ0n) is 11.0. The molecule has 0 fully saturated rings. The standard InChI is InChI=1S/C14H19NO4/c1-19-9-11(16)8-15-6-5-12-10(7-15)3-2-4-13(12)14(17)18/h2-4,11,16H,5-9H2,1H3,(H,17,18). The molecule has 1 aliphatic rings. The summed E-state index contributed by atoms with van der Waals surface area (Å²) in [5.41, 5.74) is 2.36. The van der Waals surface area contributed by atoms with Gasteiger partial charge < -0.3 is 14.9 Å². The minimum Gasteiger partial charge on any atom is -0.478 e. The lowest BCUT2D eigenvalue weighted by atomic mass is 9.94. The molecule has 0 saturated carbocycles. The van der Waals surface area contributed by atoms with Crippen LogP contribution in [0.1, 0.15) is 21.5 Å². The fourth-order valence-electron chi connectivity index (χ4n) is 2.57. The first-order valence-corrected chi connectivity index (χ1v) is 6.35. The van der Waals surface area contributed by atoms with Crippen LogP contribution in [0.15, 0.2) is 18.2 Å². The number of β-amino-alcohol motifs (C(OH)–C–C–N with tert-alkyl or cyclic N) is 1. The van der Waals surface area contributed by atoms with Crippen LogP contribution in [0, 0.1) is 0 Å². The van der Waals surface area contributed by atoms with Gasteiger partial charge in [0.15, 0.2) is 0 Å². The normalized spacial score (nSPS) is 16.9. The highest BCUT2D eigenvalue weighted by atomic mass is 16.5. The number of fused-ring (bicyclic) bond motifs is 1. The third-order valence-electron chi connectivity index (χ3n) is 3.40. The number of carboxylic acid groups (broad SMARTS) is 1. The second kappa shape index (κ2) is 6.14. The molecule has 0 amide bonds. The number of hydrogen-bond donors (Lipinski definition) is 2. The fraction of sp³-hybridized carbons (Fsp3) is 0.500. The smallest absolute Gasteiger partial charge is 0.335 e. The lowest BCUT2D eigenvalue weighted by Crippen LogP contribution is -2.38. The van der Waals surface area contributed by atoms with Gasteiger partial charge in [-0.05, 0) is 23.6 Å². The Kier molecular flexibility index (Phi) is 4.52. The molecule has 2 N–H and O–H groups in total. The number of benzene rings is 1. The van der Waals surface area contributed by atoms with Crippen molar-refractivity contribution in [2.75, 3.05) is 26.8 Å². The van der Waals surface area contributed by atoms with Crippen LogP contribution in [-0.4, -0.2) is 54.0 Å². The number of ether oxygens (including phenoxy) is 1. The molecular formula is C14H19NO4. The summed E-state index contributed by atoms with van der Waals surface area (Å²) in [5, 5.41) is 18.9. The first kappa shape index (κ1) is 14.0. The van der Waals surface area contributed by atoms with Crippen LogP contribution in [0.2, 0.25) is 0 Å². The predicted octanol–water partition coefficient (Wildman–Crippen LogP) is 0.750. The van der Waals surface area contributed by atoms with Gasteiger partial charge in [-0.15, -0.1) is 0 Å². The number of nitrogens with zero attached hydrogens (tertiary/aromatic N) is 1. The van der Waals surface area contributed by atoms with Gasteiger partial charge in [-0.3, -0.25) is 4.90 Å². The first-order valence-electron chi connectivity index (χ1n) is 6.35. The zero-order valence-corrected chi connectivity index (χ0v) is 11.0. The van der Waals surface area contributed by atoms with Crippen molar-refractivity contribution < 1.29 is 19.7 Å². The summed E-state index contributed by atoms with van der Waals surface area (Å²) >= 11 is 0. The third kappa shape index (κ3) is 3.32. The molecule has 1 aliphatic heterocycles. The largest absolute Gasteiger partial charge is 0.478 e. The number of methoxy groups -OCH3 is 1. The van der Waals surface area contributed by atoms with E-state index < -0.39 is 12.1 Å². The van der Waals surface area contributed by atoms with Crippen LogP contribution in [0.5, 0.6) is 0 Å². The van der Waals surface area contributed by atoms with Crippen LogP contribution in [0.25, 0.3) is 0 Å². The highest BCUT2D eigenvalue weighted by Crippen LogP contribution is 2.22. The van der Waals surface area contributed by atoms with Gasteiger partial charge in [-0.2, -0.15) is 0 Å². The van der Waals surface area contributed by atoms with Crippen molar-refractivity contribution in [2.45, 2.75) is 19.1 Å². The van der Waals surface area contributed by atoms with Crippen molar-refractivity contribution in [3.05, 3.63) is 34.9 Å². The van der Waals surface area contributed by atoms with Gasteiger partial charge in [0.05, 0.1) is 18.3 Å². The molecule has 1 atom stereocenters. The maximum atomic E-state index is 11.1. The molecule has 19 heavy (non-hydrogen) atoms. The molecule has 0 saturated heterocycles. The lowest BCUT2D eigenvalue weighted by molar-refractivity contribution is 0.0345. The summed E-state index contributed by atoms with van der Waals surface area (Å²) in [4.78, 5) is 13.3. The van der Waals surface area contributed by atoms with Crippen molar-refractivity contribution in [1.82, 2.24) is 4.90 Å². The molecule has 2 rings (SSSR count). The maximum Gasteiger partial charge on any atom is 0.335 e. The van der Waals surface area contributed by atoms with Crippen molar-refractivity contribution >= 4 is 5.97 Å². The van der Waals surface area contributed by atoms with Crippen LogP contribution >= 0.6 is 0 Å². The summed E-state index contributed by atoms with van der Waals surface area (Å²) in [5.74, 6) is -0.871. The van der Waals surface area contributed by atoms with Crippen molar-refractivity contribution in [1.29, 1.82) is 0 Å². The van der Waals surface area contributed by atoms with Gasteiger partial charge in [-0.25, -0.2) is 4.79 Å². The molecule has 1 unspecified atom stereocenters. The van der Waals surface area contributed by atoms with E-state index in [1.165, 1.54) is 0 Å². The molecule has 0 radical (unpaired) electrons. The van der Waals surface area contributed by atoms with Gasteiger partial charge >= 0.3 is 5.97 Å². The Morgan fingerprint density at radius 3 is 3.00 bits per heavy atom. The number of carboxylic acids is 1. The topological polar surface area (TPSA) is 70.0 Å². The van der Waals surface area contributed by atoms with E-state index in [1.54, 1.807) is 19.2 Å². The van der Waals surface area contributed by atoms with Crippen LogP contribution in [-0.2, 0) is 17.7 Å². The molecule has 1 aromatic carbocycles. The summed E-state index contributed by atoms with van der Waals surface area (Å²) in [6, 6.07) is 5.38. The number of aromatic carboxylic acids is 1. The lowest BCUT2D eigenvalue weighted by Gasteiger charge is -2.30. The third-order valence-corrected chi connectivity index (χ3v) is 3.40. The minimum absolute atomic E-state index is 0.318. The monoisotopic (exact) mass is 265 g/mol. The average Bonchev–Trinajstić information content (AvgIpc) is 2.37. The van der Waals surface area contributed by atoms with Crippen LogP contribution in [0.3, 0.4) is 0 Å². The molecule has 104 valence electrons. The molecule has 5 nitrogen and oxygen atoms in total. The molecule has 0 aromatic heterocycles. The van der Waals surface area contributed by atoms with E-state index in [9.17, 15) is 9.90 Å². The second-order valence-electron chi connectivity index (χ2n) is 4.84. The summed E-state index contributed by atoms with van der Waals surface area (Å²) in [6.07, 6.45) is 0.200. The fourth-order valence-corrected chi connectivity index (χ4v) is 2.57. The molecule has 0 aliphatic carbocycles. The molecule has 1 heterocycles. The Bertz CT molecular complexity index is 461. The van der Waals surface area contributed by atoms with E-state index in [1.807, 2.05) is 6.07 Å². The second-order valence-corrected chi connectivity index (χ2v) is 4.84. The zero-order chi connectivity index (χ0) is 13.8. The van der Waals surface area contributed by atoms with Crippen LogP contribution in [0.4, 0.5) is 0 Å². The van der Waals surface area contributed by atoms with E-state index in [0.717, 1.165) is 17.7 Å². The highest BCUT2D eigenvalue weighted by molar-refractivity contribution is 5.89. The van der Waals surface area contributed by atoms with Gasteiger partial charge in [0, 0.05) is 26.7 Å². The summed E-state index contributed by atoms with van der Waals surface area (Å²) in [7, 11) is 1.56. The van der Waals surface area contributed by atoms with Crippen molar-refractivity contribution in [3.63, 3.8) is 0 Å². The van der Waals surface area contributed by atoms with E-state index >= 15 is 0 Å². The van der Waals surface area contributed by atoms with E-state index in [-0.39, 0.29) is 0 Å². The van der Waals surface area contributed by atoms with Gasteiger partial charge in [0.1, 0.15) is 0 Å². The highest BCUT2D eigenvalue weighted by Gasteiger charge is 2.22. The first-order chi connectivity index (χ1) is 9.11. The van der Waals surface area contributed by atoms with Gasteiger partial charge in [0.25, 0.3) is 0 Å². The average molecular weight is 265 g/mol. The van der Waals surface area contributed by atoms with E-state index in [0.29, 0.717) is 31.7 Å². The van der Waals surface area contributed by atoms with Gasteiger partial charge in [0.2, 0.25) is 0 Å². The molecule has 0 spiro atoms. The Labute approximate surface area is 112 Å². The maximum absolute atomic E-state index is 11.1. The number of aliphatic hydroxyl groups is 1. The molecule has 5 heteroatoms. The van der Waals surface area contributed by atoms with Crippen molar-refractivity contribution in [2.24, 2.45) is 0 Å². The Hall–Kier alpha value is -1.43. The molecular weight excluding hydrogens is 246 g/mol. The van der Waals surface area contributed by atoms with E-state index in [4.69, 9.17) is 9.84 Å². The summed E-state index contributed by atoms with van der Waals surface area (Å²) < 4.78 is 4.91. The Morgan fingerprint density at radius 2 is 2.32 bits per heavy atom. The van der Waals surface area contributed by atoms with E-state index in [2.05, 4.69) is 4.90 Å². The Balaban J connectivity index is 2.08. The van der Waals surface area contributed by atoms with Gasteiger partial charge in [-0.1, -0.05) is 12.1 Å². The predicted molar refractivity (Wildman–Crippen MR) is 70.3 cm³/mol. The number of hydrogen-bond acceptors (Lipinski definition) is 4. The minimum atomic E-state index is -0.871. The van der Waals surface area contributed by atoms with Crippen molar-refractivity contribution in [3.8, 4) is 0 Å². The number of aliphatic hydroxyl groups excluding tert-OH is 1. The number of rotatable bonds is 5.